The van der Waals surface area contributed by atoms with E-state index < -0.39 is 0 Å². The van der Waals surface area contributed by atoms with Crippen molar-refractivity contribution in [2.45, 2.75) is 20.3 Å². The van der Waals surface area contributed by atoms with E-state index in [-0.39, 0.29) is 5.91 Å². The van der Waals surface area contributed by atoms with Crippen LogP contribution in [0, 0.1) is 6.92 Å². The molecule has 2 aromatic carbocycles. The standard InChI is InChI=1S/C23H23N3O/c1-3-25(19-9-6-7-17(2)15-19)20-11-13-24-21(16-20)23(27)26-14-12-18-8-4-5-10-22(18)26/h4-11,13,15-16H,3,12,14H2,1-2H3. The average molecular weight is 357 g/mol. The average Bonchev–Trinajstić information content (AvgIpc) is 3.12. The molecule has 136 valence electrons. The van der Waals surface area contributed by atoms with Crippen molar-refractivity contribution in [2.24, 2.45) is 0 Å². The van der Waals surface area contributed by atoms with Crippen LogP contribution in [0.2, 0.25) is 0 Å². The van der Waals surface area contributed by atoms with Gasteiger partial charge in [0, 0.05) is 36.3 Å². The maximum atomic E-state index is 13.1. The largest absolute Gasteiger partial charge is 0.342 e. The molecule has 3 aromatic rings. The van der Waals surface area contributed by atoms with Crippen molar-refractivity contribution >= 4 is 23.0 Å². The summed E-state index contributed by atoms with van der Waals surface area (Å²) < 4.78 is 0. The lowest BCUT2D eigenvalue weighted by Crippen LogP contribution is -2.30. The second kappa shape index (κ2) is 7.23. The first-order valence-electron chi connectivity index (χ1n) is 9.37. The lowest BCUT2D eigenvalue weighted by atomic mass is 10.1. The smallest absolute Gasteiger partial charge is 0.276 e. The zero-order chi connectivity index (χ0) is 18.8. The summed E-state index contributed by atoms with van der Waals surface area (Å²) in [4.78, 5) is 21.5. The number of aromatic nitrogens is 1. The van der Waals surface area contributed by atoms with E-state index in [2.05, 4.69) is 54.1 Å². The van der Waals surface area contributed by atoms with Gasteiger partial charge in [-0.05, 0) is 61.7 Å². The van der Waals surface area contributed by atoms with Gasteiger partial charge in [-0.15, -0.1) is 0 Å². The van der Waals surface area contributed by atoms with Crippen LogP contribution in [0.4, 0.5) is 17.1 Å². The molecule has 27 heavy (non-hydrogen) atoms. The molecule has 1 aliphatic heterocycles. The molecule has 0 radical (unpaired) electrons. The molecule has 1 aliphatic rings. The second-order valence-electron chi connectivity index (χ2n) is 6.82. The molecule has 4 nitrogen and oxygen atoms in total. The summed E-state index contributed by atoms with van der Waals surface area (Å²) in [5, 5.41) is 0. The van der Waals surface area contributed by atoms with Crippen molar-refractivity contribution in [1.82, 2.24) is 4.98 Å². The number of amides is 1. The van der Waals surface area contributed by atoms with E-state index >= 15 is 0 Å². The highest BCUT2D eigenvalue weighted by atomic mass is 16.2. The summed E-state index contributed by atoms with van der Waals surface area (Å²) in [6.07, 6.45) is 2.62. The Morgan fingerprint density at radius 2 is 1.89 bits per heavy atom. The first-order valence-corrected chi connectivity index (χ1v) is 9.37. The summed E-state index contributed by atoms with van der Waals surface area (Å²) in [7, 11) is 0. The highest BCUT2D eigenvalue weighted by Gasteiger charge is 2.26. The SMILES string of the molecule is CCN(c1cccc(C)c1)c1ccnc(C(=O)N2CCc3ccccc32)c1. The Morgan fingerprint density at radius 3 is 2.70 bits per heavy atom. The fourth-order valence-electron chi connectivity index (χ4n) is 3.70. The Kier molecular flexibility index (Phi) is 4.63. The molecule has 0 atom stereocenters. The van der Waals surface area contributed by atoms with Crippen LogP contribution in [-0.2, 0) is 6.42 Å². The number of hydrogen-bond donors (Lipinski definition) is 0. The number of pyridine rings is 1. The summed E-state index contributed by atoms with van der Waals surface area (Å²) in [5.41, 5.74) is 6.01. The summed E-state index contributed by atoms with van der Waals surface area (Å²) in [6.45, 7) is 5.72. The Hall–Kier alpha value is -3.14. The molecule has 4 heteroatoms. The van der Waals surface area contributed by atoms with E-state index in [1.54, 1.807) is 6.20 Å². The molecule has 0 unspecified atom stereocenters. The molecule has 0 fully saturated rings. The second-order valence-corrected chi connectivity index (χ2v) is 6.82. The quantitative estimate of drug-likeness (QED) is 0.676. The fourth-order valence-corrected chi connectivity index (χ4v) is 3.70. The number of carbonyl (C=O) groups excluding carboxylic acids is 1. The molecule has 0 N–H and O–H groups in total. The minimum Gasteiger partial charge on any atom is -0.342 e. The molecular weight excluding hydrogens is 334 g/mol. The van der Waals surface area contributed by atoms with Gasteiger partial charge in [-0.3, -0.25) is 9.78 Å². The van der Waals surface area contributed by atoms with Gasteiger partial charge in [0.05, 0.1) is 0 Å². The van der Waals surface area contributed by atoms with Gasteiger partial charge in [-0.2, -0.15) is 0 Å². The number of carbonyl (C=O) groups is 1. The van der Waals surface area contributed by atoms with Gasteiger partial charge in [-0.1, -0.05) is 30.3 Å². The lowest BCUT2D eigenvalue weighted by molar-refractivity contribution is 0.0984. The third-order valence-electron chi connectivity index (χ3n) is 5.04. The molecular formula is C23H23N3O. The predicted octanol–water partition coefficient (Wildman–Crippen LogP) is 4.75. The Balaban J connectivity index is 1.65. The molecule has 1 aromatic heterocycles. The highest BCUT2D eigenvalue weighted by molar-refractivity contribution is 6.06. The van der Waals surface area contributed by atoms with Crippen LogP contribution in [0.5, 0.6) is 0 Å². The minimum atomic E-state index is -0.0397. The number of fused-ring (bicyclic) bond motifs is 1. The van der Waals surface area contributed by atoms with Crippen molar-refractivity contribution in [3.05, 3.63) is 83.7 Å². The van der Waals surface area contributed by atoms with Gasteiger partial charge in [0.15, 0.2) is 0 Å². The predicted molar refractivity (Wildman–Crippen MR) is 110 cm³/mol. The van der Waals surface area contributed by atoms with Crippen LogP contribution in [0.3, 0.4) is 0 Å². The summed E-state index contributed by atoms with van der Waals surface area (Å²) >= 11 is 0. The Morgan fingerprint density at radius 1 is 1.07 bits per heavy atom. The molecule has 0 saturated carbocycles. The van der Waals surface area contributed by atoms with E-state index in [1.807, 2.05) is 35.2 Å². The van der Waals surface area contributed by atoms with E-state index in [4.69, 9.17) is 0 Å². The van der Waals surface area contributed by atoms with E-state index in [0.717, 1.165) is 30.0 Å². The van der Waals surface area contributed by atoms with Crippen LogP contribution < -0.4 is 9.80 Å². The third-order valence-corrected chi connectivity index (χ3v) is 5.04. The van der Waals surface area contributed by atoms with E-state index in [1.165, 1.54) is 11.1 Å². The monoisotopic (exact) mass is 357 g/mol. The van der Waals surface area contributed by atoms with Crippen molar-refractivity contribution < 1.29 is 4.79 Å². The lowest BCUT2D eigenvalue weighted by Gasteiger charge is -2.24. The zero-order valence-electron chi connectivity index (χ0n) is 15.7. The number of rotatable bonds is 4. The minimum absolute atomic E-state index is 0.0397. The van der Waals surface area contributed by atoms with Crippen molar-refractivity contribution in [3.63, 3.8) is 0 Å². The maximum Gasteiger partial charge on any atom is 0.276 e. The van der Waals surface area contributed by atoms with Crippen LogP contribution in [0.25, 0.3) is 0 Å². The van der Waals surface area contributed by atoms with Crippen LogP contribution in [0.1, 0.15) is 28.5 Å². The number of nitrogens with zero attached hydrogens (tertiary/aromatic N) is 3. The normalized spacial score (nSPS) is 12.7. The number of anilines is 3. The van der Waals surface area contributed by atoms with Gasteiger partial charge >= 0.3 is 0 Å². The number of aryl methyl sites for hydroxylation is 1. The first-order chi connectivity index (χ1) is 13.2. The van der Waals surface area contributed by atoms with Crippen molar-refractivity contribution in [1.29, 1.82) is 0 Å². The molecule has 0 saturated heterocycles. The van der Waals surface area contributed by atoms with Crippen molar-refractivity contribution in [3.8, 4) is 0 Å². The Bertz CT molecular complexity index is 983. The van der Waals surface area contributed by atoms with Crippen molar-refractivity contribution in [2.75, 3.05) is 22.9 Å². The van der Waals surface area contributed by atoms with Gasteiger partial charge in [0.2, 0.25) is 0 Å². The summed E-state index contributed by atoms with van der Waals surface area (Å²) in [5.74, 6) is -0.0397. The van der Waals surface area contributed by atoms with Gasteiger partial charge in [0.25, 0.3) is 5.91 Å². The molecule has 2 heterocycles. The molecule has 4 rings (SSSR count). The molecule has 1 amide bonds. The van der Waals surface area contributed by atoms with Gasteiger partial charge < -0.3 is 9.80 Å². The van der Waals surface area contributed by atoms with Gasteiger partial charge in [-0.25, -0.2) is 0 Å². The number of para-hydroxylation sites is 1. The molecule has 0 aliphatic carbocycles. The zero-order valence-corrected chi connectivity index (χ0v) is 15.7. The fraction of sp³-hybridized carbons (Fsp3) is 0.217. The van der Waals surface area contributed by atoms with E-state index in [0.29, 0.717) is 12.2 Å². The van der Waals surface area contributed by atoms with Crippen LogP contribution >= 0.6 is 0 Å². The number of hydrogen-bond acceptors (Lipinski definition) is 3. The molecule has 0 spiro atoms. The van der Waals surface area contributed by atoms with Crippen LogP contribution in [0.15, 0.2) is 66.9 Å². The van der Waals surface area contributed by atoms with Gasteiger partial charge in [0.1, 0.15) is 5.69 Å². The summed E-state index contributed by atoms with van der Waals surface area (Å²) in [6, 6.07) is 20.3. The maximum absolute atomic E-state index is 13.1. The van der Waals surface area contributed by atoms with Crippen LogP contribution in [-0.4, -0.2) is 24.0 Å². The number of benzene rings is 2. The molecule has 0 bridgehead atoms. The topological polar surface area (TPSA) is 36.4 Å². The highest BCUT2D eigenvalue weighted by Crippen LogP contribution is 2.30. The first kappa shape index (κ1) is 17.3. The third kappa shape index (κ3) is 3.31. The van der Waals surface area contributed by atoms with E-state index in [9.17, 15) is 4.79 Å². The Labute approximate surface area is 160 Å².